The summed E-state index contributed by atoms with van der Waals surface area (Å²) in [5, 5.41) is 5.43. The van der Waals surface area contributed by atoms with Gasteiger partial charge < -0.3 is 15.5 Å². The number of benzene rings is 2. The minimum Gasteiger partial charge on any atom is -0.375 e. The van der Waals surface area contributed by atoms with Crippen LogP contribution < -0.4 is 15.5 Å². The van der Waals surface area contributed by atoms with E-state index in [1.165, 1.54) is 18.2 Å². The van der Waals surface area contributed by atoms with Crippen molar-refractivity contribution in [3.8, 4) is 0 Å². The summed E-state index contributed by atoms with van der Waals surface area (Å²) in [6.45, 7) is 1.51. The SMILES string of the molecule is CN(CCCNC(=O)c1cccc(S(=O)(=O)N2CCNC(=O)C2)c1)c1ccccc1. The first-order valence-electron chi connectivity index (χ1n) is 9.79. The number of para-hydroxylation sites is 1. The lowest BCUT2D eigenvalue weighted by molar-refractivity contribution is -0.122. The second kappa shape index (κ2) is 9.73. The fourth-order valence-electron chi connectivity index (χ4n) is 3.20. The third-order valence-electron chi connectivity index (χ3n) is 4.89. The molecule has 2 aromatic carbocycles. The van der Waals surface area contributed by atoms with Crippen molar-refractivity contribution >= 4 is 27.5 Å². The van der Waals surface area contributed by atoms with Crippen LogP contribution in [0.4, 0.5) is 5.69 Å². The van der Waals surface area contributed by atoms with Crippen LogP contribution in [0.3, 0.4) is 0 Å². The van der Waals surface area contributed by atoms with E-state index in [9.17, 15) is 18.0 Å². The zero-order chi connectivity index (χ0) is 21.6. The molecule has 0 atom stereocenters. The molecule has 9 heteroatoms. The summed E-state index contributed by atoms with van der Waals surface area (Å²) in [5.41, 5.74) is 1.38. The molecule has 3 rings (SSSR count). The summed E-state index contributed by atoms with van der Waals surface area (Å²) in [6, 6.07) is 15.9. The summed E-state index contributed by atoms with van der Waals surface area (Å²) in [4.78, 5) is 26.1. The van der Waals surface area contributed by atoms with Gasteiger partial charge in [0.25, 0.3) is 5.91 Å². The van der Waals surface area contributed by atoms with Crippen LogP contribution in [0.15, 0.2) is 59.5 Å². The van der Waals surface area contributed by atoms with Crippen molar-refractivity contribution in [2.75, 3.05) is 44.7 Å². The van der Waals surface area contributed by atoms with Crippen LogP contribution >= 0.6 is 0 Å². The molecule has 1 saturated heterocycles. The number of anilines is 1. The van der Waals surface area contributed by atoms with Gasteiger partial charge in [0, 0.05) is 44.5 Å². The van der Waals surface area contributed by atoms with Gasteiger partial charge in [-0.2, -0.15) is 4.31 Å². The summed E-state index contributed by atoms with van der Waals surface area (Å²) in [6.07, 6.45) is 0.748. The van der Waals surface area contributed by atoms with Crippen LogP contribution in [0, 0.1) is 0 Å². The fourth-order valence-corrected chi connectivity index (χ4v) is 4.64. The standard InChI is InChI=1S/C21H26N4O4S/c1-24(18-8-3-2-4-9-18)13-6-11-23-21(27)17-7-5-10-19(15-17)30(28,29)25-14-12-22-20(26)16-25/h2-5,7-10,15H,6,11-14,16H2,1H3,(H,22,26)(H,23,27). The highest BCUT2D eigenvalue weighted by Gasteiger charge is 2.29. The third kappa shape index (κ3) is 5.37. The van der Waals surface area contributed by atoms with E-state index in [0.717, 1.165) is 23.0 Å². The Labute approximate surface area is 176 Å². The number of rotatable bonds is 8. The van der Waals surface area contributed by atoms with Gasteiger partial charge in [-0.3, -0.25) is 9.59 Å². The molecule has 30 heavy (non-hydrogen) atoms. The summed E-state index contributed by atoms with van der Waals surface area (Å²) in [7, 11) is -1.84. The first-order chi connectivity index (χ1) is 14.4. The zero-order valence-electron chi connectivity index (χ0n) is 16.9. The maximum Gasteiger partial charge on any atom is 0.251 e. The lowest BCUT2D eigenvalue weighted by Crippen LogP contribution is -2.49. The van der Waals surface area contributed by atoms with E-state index in [1.807, 2.05) is 37.4 Å². The van der Waals surface area contributed by atoms with Crippen molar-refractivity contribution in [1.29, 1.82) is 0 Å². The van der Waals surface area contributed by atoms with Crippen molar-refractivity contribution < 1.29 is 18.0 Å². The molecule has 2 amide bonds. The Bertz CT molecular complexity index is 995. The molecule has 1 aliphatic rings. The molecule has 160 valence electrons. The minimum absolute atomic E-state index is 0.00802. The van der Waals surface area contributed by atoms with Crippen LogP contribution in [0.2, 0.25) is 0 Å². The van der Waals surface area contributed by atoms with E-state index in [0.29, 0.717) is 6.54 Å². The predicted octanol–water partition coefficient (Wildman–Crippen LogP) is 1.06. The Hall–Kier alpha value is -2.91. The lowest BCUT2D eigenvalue weighted by atomic mass is 10.2. The number of hydrogen-bond acceptors (Lipinski definition) is 5. The van der Waals surface area contributed by atoms with Crippen molar-refractivity contribution in [2.24, 2.45) is 0 Å². The maximum atomic E-state index is 12.8. The van der Waals surface area contributed by atoms with Crippen LogP contribution in [-0.4, -0.2) is 64.3 Å². The third-order valence-corrected chi connectivity index (χ3v) is 6.73. The van der Waals surface area contributed by atoms with Gasteiger partial charge in [0.05, 0.1) is 11.4 Å². The second-order valence-corrected chi connectivity index (χ2v) is 9.02. The van der Waals surface area contributed by atoms with Gasteiger partial charge in [-0.05, 0) is 36.8 Å². The second-order valence-electron chi connectivity index (χ2n) is 7.08. The molecule has 0 aliphatic carbocycles. The van der Waals surface area contributed by atoms with E-state index in [4.69, 9.17) is 0 Å². The van der Waals surface area contributed by atoms with E-state index in [2.05, 4.69) is 15.5 Å². The van der Waals surface area contributed by atoms with E-state index >= 15 is 0 Å². The van der Waals surface area contributed by atoms with Crippen LogP contribution in [-0.2, 0) is 14.8 Å². The van der Waals surface area contributed by atoms with Gasteiger partial charge in [-0.25, -0.2) is 8.42 Å². The van der Waals surface area contributed by atoms with Gasteiger partial charge in [0.2, 0.25) is 15.9 Å². The molecule has 8 nitrogen and oxygen atoms in total. The molecule has 0 radical (unpaired) electrons. The molecule has 1 fully saturated rings. The number of nitrogens with one attached hydrogen (secondary N) is 2. The molecule has 0 bridgehead atoms. The first-order valence-corrected chi connectivity index (χ1v) is 11.2. The number of carbonyl (C=O) groups excluding carboxylic acids is 2. The number of sulfonamides is 1. The monoisotopic (exact) mass is 430 g/mol. The summed E-state index contributed by atoms with van der Waals surface area (Å²) >= 11 is 0. The number of nitrogens with zero attached hydrogens (tertiary/aromatic N) is 2. The fraction of sp³-hybridized carbons (Fsp3) is 0.333. The molecular formula is C21H26N4O4S. The molecule has 0 aromatic heterocycles. The molecule has 0 unspecified atom stereocenters. The van der Waals surface area contributed by atoms with Gasteiger partial charge in [0.15, 0.2) is 0 Å². The average molecular weight is 431 g/mol. The molecule has 0 saturated carbocycles. The van der Waals surface area contributed by atoms with Crippen molar-refractivity contribution in [1.82, 2.24) is 14.9 Å². The van der Waals surface area contributed by atoms with Gasteiger partial charge in [-0.15, -0.1) is 0 Å². The van der Waals surface area contributed by atoms with Crippen molar-refractivity contribution in [3.05, 3.63) is 60.2 Å². The normalized spacial score (nSPS) is 14.8. The maximum absolute atomic E-state index is 12.8. The quantitative estimate of drug-likeness (QED) is 0.611. The highest BCUT2D eigenvalue weighted by atomic mass is 32.2. The molecule has 2 N–H and O–H groups in total. The zero-order valence-corrected chi connectivity index (χ0v) is 17.7. The lowest BCUT2D eigenvalue weighted by Gasteiger charge is -2.26. The predicted molar refractivity (Wildman–Crippen MR) is 115 cm³/mol. The Morgan fingerprint density at radius 2 is 1.93 bits per heavy atom. The average Bonchev–Trinajstić information content (AvgIpc) is 2.77. The molecule has 1 aliphatic heterocycles. The van der Waals surface area contributed by atoms with E-state index in [1.54, 1.807) is 6.07 Å². The largest absolute Gasteiger partial charge is 0.375 e. The topological polar surface area (TPSA) is 98.8 Å². The number of amides is 2. The van der Waals surface area contributed by atoms with Crippen LogP contribution in [0.5, 0.6) is 0 Å². The highest BCUT2D eigenvalue weighted by molar-refractivity contribution is 7.89. The number of hydrogen-bond donors (Lipinski definition) is 2. The van der Waals surface area contributed by atoms with Crippen molar-refractivity contribution in [2.45, 2.75) is 11.3 Å². The first kappa shape index (κ1) is 21.8. The van der Waals surface area contributed by atoms with Gasteiger partial charge >= 0.3 is 0 Å². The Balaban J connectivity index is 1.56. The smallest absolute Gasteiger partial charge is 0.251 e. The Morgan fingerprint density at radius 3 is 2.67 bits per heavy atom. The Kier molecular flexibility index (Phi) is 7.07. The van der Waals surface area contributed by atoms with Crippen LogP contribution in [0.25, 0.3) is 0 Å². The number of piperazine rings is 1. The molecule has 0 spiro atoms. The van der Waals surface area contributed by atoms with Gasteiger partial charge in [0.1, 0.15) is 0 Å². The molecule has 1 heterocycles. The van der Waals surface area contributed by atoms with Crippen LogP contribution in [0.1, 0.15) is 16.8 Å². The van der Waals surface area contributed by atoms with Crippen molar-refractivity contribution in [3.63, 3.8) is 0 Å². The highest BCUT2D eigenvalue weighted by Crippen LogP contribution is 2.18. The summed E-state index contributed by atoms with van der Waals surface area (Å²) < 4.78 is 26.7. The molecule has 2 aromatic rings. The summed E-state index contributed by atoms with van der Waals surface area (Å²) in [5.74, 6) is -0.662. The van der Waals surface area contributed by atoms with E-state index in [-0.39, 0.29) is 41.9 Å². The minimum atomic E-state index is -3.83. The van der Waals surface area contributed by atoms with Gasteiger partial charge in [-0.1, -0.05) is 24.3 Å². The Morgan fingerprint density at radius 1 is 1.17 bits per heavy atom. The van der Waals surface area contributed by atoms with E-state index < -0.39 is 10.0 Å². The molecular weight excluding hydrogens is 404 g/mol. The number of carbonyl (C=O) groups is 2.